The summed E-state index contributed by atoms with van der Waals surface area (Å²) in [5, 5.41) is 0.146. The van der Waals surface area contributed by atoms with Gasteiger partial charge in [-0.25, -0.2) is 0 Å². The van der Waals surface area contributed by atoms with Crippen LogP contribution in [0.15, 0.2) is 84.9 Å². The number of hydrogen-bond acceptors (Lipinski definition) is 3. The van der Waals surface area contributed by atoms with E-state index in [0.717, 1.165) is 17.3 Å². The molecule has 0 aliphatic carbocycles. The minimum absolute atomic E-state index is 0.0103. The first-order valence-corrected chi connectivity index (χ1v) is 9.49. The van der Waals surface area contributed by atoms with Gasteiger partial charge in [0.1, 0.15) is 0 Å². The first kappa shape index (κ1) is 18.4. The van der Waals surface area contributed by atoms with E-state index >= 15 is 0 Å². The molecule has 1 unspecified atom stereocenters. The van der Waals surface area contributed by atoms with Crippen LogP contribution in [0.2, 0.25) is 5.02 Å². The predicted octanol–water partition coefficient (Wildman–Crippen LogP) is 6.23. The summed E-state index contributed by atoms with van der Waals surface area (Å²) in [6.07, 6.45) is 0.205. The Morgan fingerprint density at radius 3 is 1.92 bits per heavy atom. The van der Waals surface area contributed by atoms with Gasteiger partial charge >= 0.3 is 0 Å². The second-order valence-corrected chi connectivity index (χ2v) is 7.36. The van der Waals surface area contributed by atoms with Crippen LogP contribution in [-0.4, -0.2) is 10.9 Å². The van der Waals surface area contributed by atoms with Crippen molar-refractivity contribution in [1.29, 1.82) is 0 Å². The third kappa shape index (κ3) is 4.63. The van der Waals surface area contributed by atoms with Crippen molar-refractivity contribution in [2.75, 3.05) is 0 Å². The molecule has 1 atom stereocenters. The van der Waals surface area contributed by atoms with Gasteiger partial charge in [-0.2, -0.15) is 0 Å². The molecule has 0 heterocycles. The van der Waals surface area contributed by atoms with Gasteiger partial charge in [-0.05, 0) is 11.6 Å². The third-order valence-electron chi connectivity index (χ3n) is 3.98. The van der Waals surface area contributed by atoms with Crippen molar-refractivity contribution in [3.8, 4) is 0 Å². The van der Waals surface area contributed by atoms with Gasteiger partial charge in [-0.15, -0.1) is 0 Å². The zero-order chi connectivity index (χ0) is 18.4. The largest absolute Gasteiger partial charge is 0.294 e. The average Bonchev–Trinajstić information content (AvgIpc) is 2.69. The molecule has 0 aromatic heterocycles. The summed E-state index contributed by atoms with van der Waals surface area (Å²) in [6, 6.07) is 25.5. The van der Waals surface area contributed by atoms with Crippen LogP contribution in [0.1, 0.15) is 38.0 Å². The van der Waals surface area contributed by atoms with E-state index in [0.29, 0.717) is 16.1 Å². The minimum Gasteiger partial charge on any atom is -0.294 e. The van der Waals surface area contributed by atoms with E-state index in [2.05, 4.69) is 0 Å². The highest BCUT2D eigenvalue weighted by molar-refractivity contribution is 8.14. The van der Waals surface area contributed by atoms with E-state index in [9.17, 15) is 9.59 Å². The molecule has 0 saturated carbocycles. The Hall–Kier alpha value is -2.36. The monoisotopic (exact) mass is 380 g/mol. The zero-order valence-corrected chi connectivity index (χ0v) is 15.5. The van der Waals surface area contributed by atoms with Crippen LogP contribution in [0.4, 0.5) is 0 Å². The molecule has 0 saturated heterocycles. The molecule has 0 radical (unpaired) electrons. The van der Waals surface area contributed by atoms with E-state index in [-0.39, 0.29) is 22.6 Å². The molecule has 26 heavy (non-hydrogen) atoms. The molecule has 4 heteroatoms. The Bertz CT molecular complexity index is 841. The fourth-order valence-electron chi connectivity index (χ4n) is 2.63. The molecule has 3 rings (SSSR count). The normalized spacial score (nSPS) is 11.7. The lowest BCUT2D eigenvalue weighted by Gasteiger charge is -2.17. The number of hydrogen-bond donors (Lipinski definition) is 0. The molecule has 2 nitrogen and oxygen atoms in total. The maximum Gasteiger partial charge on any atom is 0.219 e. The number of Topliss-reactive ketones (excluding diaryl/α,β-unsaturated/α-hetero) is 1. The molecule has 3 aromatic rings. The number of rotatable bonds is 6. The topological polar surface area (TPSA) is 34.1 Å². The van der Waals surface area contributed by atoms with Gasteiger partial charge in [0.15, 0.2) is 5.78 Å². The highest BCUT2D eigenvalue weighted by Gasteiger charge is 2.23. The fraction of sp³-hybridized carbons (Fsp3) is 0.0909. The molecular formula is C22H17ClO2S. The van der Waals surface area contributed by atoms with E-state index in [4.69, 9.17) is 11.6 Å². The van der Waals surface area contributed by atoms with E-state index in [1.165, 1.54) is 0 Å². The van der Waals surface area contributed by atoms with Crippen LogP contribution in [0.3, 0.4) is 0 Å². The summed E-state index contributed by atoms with van der Waals surface area (Å²) >= 11 is 7.49. The predicted molar refractivity (Wildman–Crippen MR) is 108 cm³/mol. The van der Waals surface area contributed by atoms with E-state index < -0.39 is 0 Å². The lowest BCUT2D eigenvalue weighted by Crippen LogP contribution is -2.08. The van der Waals surface area contributed by atoms with Crippen LogP contribution in [-0.2, 0) is 0 Å². The van der Waals surface area contributed by atoms with Crippen LogP contribution >= 0.6 is 23.4 Å². The lowest BCUT2D eigenvalue weighted by molar-refractivity contribution is 0.0982. The number of thioether (sulfide) groups is 1. The molecule has 0 aliphatic rings. The number of carbonyl (C=O) groups excluding carboxylic acids is 2. The second kappa shape index (κ2) is 8.84. The fourth-order valence-corrected chi connectivity index (χ4v) is 4.06. The molecule has 130 valence electrons. The number of ketones is 1. The zero-order valence-electron chi connectivity index (χ0n) is 14.0. The van der Waals surface area contributed by atoms with Crippen LogP contribution in [0, 0.1) is 0 Å². The van der Waals surface area contributed by atoms with Gasteiger partial charge in [0, 0.05) is 27.8 Å². The van der Waals surface area contributed by atoms with Crippen molar-refractivity contribution in [2.24, 2.45) is 0 Å². The molecule has 0 aliphatic heterocycles. The van der Waals surface area contributed by atoms with Gasteiger partial charge in [0.25, 0.3) is 0 Å². The summed E-state index contributed by atoms with van der Waals surface area (Å²) in [7, 11) is 0. The Morgan fingerprint density at radius 2 is 1.31 bits per heavy atom. The number of halogens is 1. The lowest BCUT2D eigenvalue weighted by atomic mass is 10.0. The Morgan fingerprint density at radius 1 is 0.769 bits per heavy atom. The molecule has 0 bridgehead atoms. The minimum atomic E-state index is -0.343. The summed E-state index contributed by atoms with van der Waals surface area (Å²) in [6.45, 7) is 0. The molecule has 0 N–H and O–H groups in total. The summed E-state index contributed by atoms with van der Waals surface area (Å²) < 4.78 is 0. The molecule has 0 amide bonds. The first-order chi connectivity index (χ1) is 12.6. The van der Waals surface area contributed by atoms with Crippen molar-refractivity contribution >= 4 is 34.3 Å². The average molecular weight is 381 g/mol. The van der Waals surface area contributed by atoms with Crippen LogP contribution < -0.4 is 0 Å². The molecule has 0 spiro atoms. The van der Waals surface area contributed by atoms with Crippen molar-refractivity contribution in [2.45, 2.75) is 11.7 Å². The van der Waals surface area contributed by atoms with Crippen LogP contribution in [0.25, 0.3) is 0 Å². The quantitative estimate of drug-likeness (QED) is 0.475. The highest BCUT2D eigenvalue weighted by atomic mass is 35.5. The van der Waals surface area contributed by atoms with Crippen molar-refractivity contribution < 1.29 is 9.59 Å². The first-order valence-electron chi connectivity index (χ1n) is 8.24. The van der Waals surface area contributed by atoms with Crippen molar-refractivity contribution in [3.63, 3.8) is 0 Å². The second-order valence-electron chi connectivity index (χ2n) is 5.77. The summed E-state index contributed by atoms with van der Waals surface area (Å²) in [5.74, 6) is -0.0103. The molecular weight excluding hydrogens is 364 g/mol. The smallest absolute Gasteiger partial charge is 0.219 e. The van der Waals surface area contributed by atoms with Gasteiger partial charge in [0.05, 0.1) is 0 Å². The summed E-state index contributed by atoms with van der Waals surface area (Å²) in [5.41, 5.74) is 2.05. The van der Waals surface area contributed by atoms with E-state index in [1.807, 2.05) is 54.6 Å². The number of carbonyl (C=O) groups is 2. The maximum atomic E-state index is 12.7. The van der Waals surface area contributed by atoms with Crippen molar-refractivity contribution in [3.05, 3.63) is 107 Å². The molecule has 0 fully saturated rings. The Labute approximate surface area is 162 Å². The Kier molecular flexibility index (Phi) is 6.26. The Balaban J connectivity index is 1.86. The van der Waals surface area contributed by atoms with Gasteiger partial charge < -0.3 is 0 Å². The maximum absolute atomic E-state index is 12.7. The summed E-state index contributed by atoms with van der Waals surface area (Å²) in [4.78, 5) is 25.4. The van der Waals surface area contributed by atoms with Gasteiger partial charge in [-0.3, -0.25) is 9.59 Å². The third-order valence-corrected chi connectivity index (χ3v) is 5.48. The van der Waals surface area contributed by atoms with Gasteiger partial charge in [0.2, 0.25) is 5.12 Å². The van der Waals surface area contributed by atoms with Crippen LogP contribution in [0.5, 0.6) is 0 Å². The van der Waals surface area contributed by atoms with Crippen molar-refractivity contribution in [1.82, 2.24) is 0 Å². The standard InChI is InChI=1S/C22H17ClO2S/c23-19-14-8-7-13-18(19)21(15-20(24)16-9-3-1-4-10-16)26-22(25)17-11-5-2-6-12-17/h1-14,21H,15H2. The van der Waals surface area contributed by atoms with E-state index in [1.54, 1.807) is 30.3 Å². The molecule has 3 aromatic carbocycles. The SMILES string of the molecule is O=C(CC(SC(=O)c1ccccc1)c1ccccc1Cl)c1ccccc1. The highest BCUT2D eigenvalue weighted by Crippen LogP contribution is 2.38. The van der Waals surface area contributed by atoms with Gasteiger partial charge in [-0.1, -0.05) is 102 Å². The number of benzene rings is 3.